The Hall–Kier alpha value is -1.51. The molecule has 1 aromatic carbocycles. The summed E-state index contributed by atoms with van der Waals surface area (Å²) in [5, 5.41) is 0. The Bertz CT molecular complexity index is 538. The Labute approximate surface area is 133 Å². The average Bonchev–Trinajstić information content (AvgIpc) is 3.38. The maximum atomic E-state index is 13.2. The number of carbonyl (C=O) groups excluding carboxylic acids is 1. The van der Waals surface area contributed by atoms with Crippen molar-refractivity contribution in [1.82, 2.24) is 4.90 Å². The van der Waals surface area contributed by atoms with Crippen LogP contribution in [0.15, 0.2) is 24.3 Å². The van der Waals surface area contributed by atoms with E-state index in [9.17, 15) is 4.79 Å². The third-order valence-electron chi connectivity index (χ3n) is 5.40. The zero-order valence-corrected chi connectivity index (χ0v) is 13.8. The van der Waals surface area contributed by atoms with Crippen LogP contribution < -0.4 is 4.74 Å². The predicted molar refractivity (Wildman–Crippen MR) is 88.1 cm³/mol. The standard InChI is InChI=1S/C19H27NO2/c1-20-13-4-3-11-19(18(20)21,12-10-15-8-9-15)16-6-5-7-17(14-16)22-2/h5-7,14-15H,3-4,8-13H2,1-2H3. The van der Waals surface area contributed by atoms with Crippen molar-refractivity contribution in [2.24, 2.45) is 5.92 Å². The van der Waals surface area contributed by atoms with Gasteiger partial charge in [-0.15, -0.1) is 0 Å². The summed E-state index contributed by atoms with van der Waals surface area (Å²) in [5.41, 5.74) is 0.800. The van der Waals surface area contributed by atoms with Crippen LogP contribution in [0, 0.1) is 5.92 Å². The molecule has 1 amide bonds. The molecule has 0 bridgehead atoms. The second kappa shape index (κ2) is 6.31. The molecule has 3 nitrogen and oxygen atoms in total. The van der Waals surface area contributed by atoms with Crippen molar-refractivity contribution in [3.63, 3.8) is 0 Å². The first-order valence-corrected chi connectivity index (χ1v) is 8.56. The molecule has 1 saturated carbocycles. The molecule has 1 unspecified atom stereocenters. The Morgan fingerprint density at radius 1 is 1.32 bits per heavy atom. The molecule has 3 rings (SSSR count). The summed E-state index contributed by atoms with van der Waals surface area (Å²) in [5.74, 6) is 2.01. The van der Waals surface area contributed by atoms with Crippen LogP contribution in [-0.4, -0.2) is 31.5 Å². The van der Waals surface area contributed by atoms with Crippen LogP contribution in [0.5, 0.6) is 5.75 Å². The summed E-state index contributed by atoms with van der Waals surface area (Å²) >= 11 is 0. The zero-order chi connectivity index (χ0) is 15.6. The van der Waals surface area contributed by atoms with E-state index >= 15 is 0 Å². The van der Waals surface area contributed by atoms with Crippen molar-refractivity contribution in [2.75, 3.05) is 20.7 Å². The number of benzene rings is 1. The lowest BCUT2D eigenvalue weighted by Crippen LogP contribution is -2.44. The van der Waals surface area contributed by atoms with Gasteiger partial charge in [0.1, 0.15) is 5.75 Å². The van der Waals surface area contributed by atoms with Crippen molar-refractivity contribution >= 4 is 5.91 Å². The van der Waals surface area contributed by atoms with Crippen LogP contribution in [0.4, 0.5) is 0 Å². The van der Waals surface area contributed by atoms with Crippen molar-refractivity contribution in [3.8, 4) is 5.75 Å². The van der Waals surface area contributed by atoms with Gasteiger partial charge in [-0.3, -0.25) is 4.79 Å². The number of likely N-dealkylation sites (tertiary alicyclic amines) is 1. The van der Waals surface area contributed by atoms with Crippen LogP contribution in [-0.2, 0) is 10.2 Å². The summed E-state index contributed by atoms with van der Waals surface area (Å²) in [6.07, 6.45) is 8.05. The van der Waals surface area contributed by atoms with Crippen LogP contribution in [0.3, 0.4) is 0 Å². The highest BCUT2D eigenvalue weighted by Crippen LogP contribution is 2.44. The van der Waals surface area contributed by atoms with Crippen LogP contribution in [0.2, 0.25) is 0 Å². The third kappa shape index (κ3) is 2.99. The van der Waals surface area contributed by atoms with Crippen LogP contribution in [0.1, 0.15) is 50.5 Å². The fraction of sp³-hybridized carbons (Fsp3) is 0.632. The quantitative estimate of drug-likeness (QED) is 0.828. The first-order chi connectivity index (χ1) is 10.7. The molecule has 3 heteroatoms. The fourth-order valence-electron chi connectivity index (χ4n) is 3.77. The number of hydrogen-bond acceptors (Lipinski definition) is 2. The number of hydrogen-bond donors (Lipinski definition) is 0. The lowest BCUT2D eigenvalue weighted by molar-refractivity contribution is -0.136. The van der Waals surface area contributed by atoms with Gasteiger partial charge in [0, 0.05) is 13.6 Å². The van der Waals surface area contributed by atoms with Gasteiger partial charge in [0.25, 0.3) is 0 Å². The van der Waals surface area contributed by atoms with E-state index in [1.54, 1.807) is 7.11 Å². The molecule has 2 aliphatic rings. The molecule has 1 aliphatic carbocycles. The summed E-state index contributed by atoms with van der Waals surface area (Å²) in [4.78, 5) is 15.1. The van der Waals surface area contributed by atoms with E-state index in [2.05, 4.69) is 12.1 Å². The fourth-order valence-corrected chi connectivity index (χ4v) is 3.77. The monoisotopic (exact) mass is 301 g/mol. The topological polar surface area (TPSA) is 29.5 Å². The number of methoxy groups -OCH3 is 1. The van der Waals surface area contributed by atoms with Crippen molar-refractivity contribution in [3.05, 3.63) is 29.8 Å². The first-order valence-electron chi connectivity index (χ1n) is 8.56. The van der Waals surface area contributed by atoms with Crippen LogP contribution in [0.25, 0.3) is 0 Å². The molecule has 1 aliphatic heterocycles. The van der Waals surface area contributed by atoms with Gasteiger partial charge < -0.3 is 9.64 Å². The Morgan fingerprint density at radius 2 is 2.14 bits per heavy atom. The predicted octanol–water partition coefficient (Wildman–Crippen LogP) is 3.77. The van der Waals surface area contributed by atoms with Gasteiger partial charge in [0.15, 0.2) is 0 Å². The van der Waals surface area contributed by atoms with Gasteiger partial charge in [-0.1, -0.05) is 31.4 Å². The molecule has 0 spiro atoms. The van der Waals surface area contributed by atoms with E-state index in [0.29, 0.717) is 5.91 Å². The highest BCUT2D eigenvalue weighted by atomic mass is 16.5. The van der Waals surface area contributed by atoms with E-state index in [0.717, 1.165) is 49.5 Å². The third-order valence-corrected chi connectivity index (χ3v) is 5.40. The second-order valence-electron chi connectivity index (χ2n) is 6.98. The SMILES string of the molecule is COc1cccc(C2(CCC3CC3)CCCCN(C)C2=O)c1. The molecule has 1 aromatic rings. The minimum atomic E-state index is -0.345. The van der Waals surface area contributed by atoms with E-state index < -0.39 is 0 Å². The van der Waals surface area contributed by atoms with Gasteiger partial charge in [-0.05, 0) is 49.3 Å². The van der Waals surface area contributed by atoms with Gasteiger partial charge >= 0.3 is 0 Å². The Kier molecular flexibility index (Phi) is 4.42. The van der Waals surface area contributed by atoms with Crippen molar-refractivity contribution < 1.29 is 9.53 Å². The summed E-state index contributed by atoms with van der Waals surface area (Å²) in [6, 6.07) is 8.17. The minimum absolute atomic E-state index is 0.305. The summed E-state index contributed by atoms with van der Waals surface area (Å²) < 4.78 is 5.40. The molecule has 120 valence electrons. The maximum absolute atomic E-state index is 13.2. The molecule has 1 saturated heterocycles. The van der Waals surface area contributed by atoms with E-state index in [1.165, 1.54) is 19.3 Å². The van der Waals surface area contributed by atoms with Crippen molar-refractivity contribution in [1.29, 1.82) is 0 Å². The normalized spacial score (nSPS) is 25.9. The maximum Gasteiger partial charge on any atom is 0.232 e. The minimum Gasteiger partial charge on any atom is -0.497 e. The highest BCUT2D eigenvalue weighted by Gasteiger charge is 2.43. The van der Waals surface area contributed by atoms with Crippen LogP contribution >= 0.6 is 0 Å². The van der Waals surface area contributed by atoms with Gasteiger partial charge in [0.05, 0.1) is 12.5 Å². The molecule has 22 heavy (non-hydrogen) atoms. The molecule has 0 aromatic heterocycles. The summed E-state index contributed by atoms with van der Waals surface area (Å²) in [6.45, 7) is 0.883. The molecule has 1 atom stereocenters. The molecular weight excluding hydrogens is 274 g/mol. The molecule has 1 heterocycles. The molecule has 0 radical (unpaired) electrons. The average molecular weight is 301 g/mol. The molecular formula is C19H27NO2. The van der Waals surface area contributed by atoms with E-state index in [1.807, 2.05) is 24.1 Å². The largest absolute Gasteiger partial charge is 0.497 e. The smallest absolute Gasteiger partial charge is 0.232 e. The Morgan fingerprint density at radius 3 is 2.86 bits per heavy atom. The second-order valence-corrected chi connectivity index (χ2v) is 6.98. The lowest BCUT2D eigenvalue weighted by atomic mass is 9.72. The number of nitrogens with zero attached hydrogens (tertiary/aromatic N) is 1. The summed E-state index contributed by atoms with van der Waals surface area (Å²) in [7, 11) is 3.65. The van der Waals surface area contributed by atoms with Crippen molar-refractivity contribution in [2.45, 2.75) is 50.4 Å². The Balaban J connectivity index is 1.97. The zero-order valence-electron chi connectivity index (χ0n) is 13.8. The molecule has 2 fully saturated rings. The van der Waals surface area contributed by atoms with Gasteiger partial charge in [-0.25, -0.2) is 0 Å². The number of amides is 1. The molecule has 0 N–H and O–H groups in total. The lowest BCUT2D eigenvalue weighted by Gasteiger charge is -2.34. The number of carbonyl (C=O) groups is 1. The number of ether oxygens (including phenoxy) is 1. The number of rotatable bonds is 5. The number of likely N-dealkylation sites (N-methyl/N-ethyl adjacent to an activating group) is 1. The highest BCUT2D eigenvalue weighted by molar-refractivity contribution is 5.88. The van der Waals surface area contributed by atoms with E-state index in [-0.39, 0.29) is 5.41 Å². The van der Waals surface area contributed by atoms with Gasteiger partial charge in [0.2, 0.25) is 5.91 Å². The van der Waals surface area contributed by atoms with Gasteiger partial charge in [-0.2, -0.15) is 0 Å². The first kappa shape index (κ1) is 15.4. The van der Waals surface area contributed by atoms with E-state index in [4.69, 9.17) is 4.74 Å².